The van der Waals surface area contributed by atoms with Crippen LogP contribution in [0.25, 0.3) is 0 Å². The summed E-state index contributed by atoms with van der Waals surface area (Å²) < 4.78 is 24.7. The molecule has 1 aromatic rings. The van der Waals surface area contributed by atoms with Crippen LogP contribution in [0.2, 0.25) is 0 Å². The molecule has 0 spiro atoms. The fraction of sp³-hybridized carbons (Fsp3) is 0.700. The molecule has 0 amide bonds. The molecule has 2 heterocycles. The third kappa shape index (κ3) is 2.44. The average Bonchev–Trinajstić information content (AvgIpc) is 2.67. The van der Waals surface area contributed by atoms with Crippen LogP contribution < -0.4 is 5.73 Å². The SMILES string of the molecule is NCCc1cncn1C1CCS(=O)(=O)CC1. The summed E-state index contributed by atoms with van der Waals surface area (Å²) in [6.45, 7) is 0.594. The lowest BCUT2D eigenvalue weighted by molar-refractivity contribution is 0.438. The van der Waals surface area contributed by atoms with Crippen molar-refractivity contribution >= 4 is 9.84 Å². The number of hydrogen-bond donors (Lipinski definition) is 1. The minimum atomic E-state index is -2.79. The molecule has 6 heteroatoms. The Hall–Kier alpha value is -0.880. The fourth-order valence-corrected chi connectivity index (χ4v) is 3.62. The van der Waals surface area contributed by atoms with Crippen LogP contribution in [0.4, 0.5) is 0 Å². The topological polar surface area (TPSA) is 78.0 Å². The molecule has 16 heavy (non-hydrogen) atoms. The van der Waals surface area contributed by atoms with E-state index in [0.717, 1.165) is 12.1 Å². The Morgan fingerprint density at radius 2 is 2.12 bits per heavy atom. The third-order valence-electron chi connectivity index (χ3n) is 3.06. The second kappa shape index (κ2) is 4.55. The molecule has 2 N–H and O–H groups in total. The average molecular weight is 243 g/mol. The van der Waals surface area contributed by atoms with Crippen LogP contribution in [0.1, 0.15) is 24.6 Å². The molecule has 0 unspecified atom stereocenters. The van der Waals surface area contributed by atoms with E-state index in [0.29, 0.717) is 19.4 Å². The first kappa shape index (κ1) is 11.6. The molecule has 0 radical (unpaired) electrons. The van der Waals surface area contributed by atoms with E-state index >= 15 is 0 Å². The van der Waals surface area contributed by atoms with Gasteiger partial charge in [-0.3, -0.25) is 0 Å². The van der Waals surface area contributed by atoms with E-state index in [9.17, 15) is 8.42 Å². The van der Waals surface area contributed by atoms with Crippen molar-refractivity contribution in [2.75, 3.05) is 18.1 Å². The first-order valence-electron chi connectivity index (χ1n) is 5.53. The number of nitrogens with two attached hydrogens (primary N) is 1. The molecule has 2 rings (SSSR count). The minimum Gasteiger partial charge on any atom is -0.331 e. The van der Waals surface area contributed by atoms with Gasteiger partial charge in [0.05, 0.1) is 17.8 Å². The van der Waals surface area contributed by atoms with Crippen LogP contribution in [-0.2, 0) is 16.3 Å². The van der Waals surface area contributed by atoms with E-state index in [2.05, 4.69) is 9.55 Å². The van der Waals surface area contributed by atoms with Gasteiger partial charge in [0.25, 0.3) is 0 Å². The van der Waals surface area contributed by atoms with Crippen molar-refractivity contribution < 1.29 is 8.42 Å². The van der Waals surface area contributed by atoms with Crippen LogP contribution in [0, 0.1) is 0 Å². The van der Waals surface area contributed by atoms with Gasteiger partial charge in [0, 0.05) is 24.4 Å². The monoisotopic (exact) mass is 243 g/mol. The zero-order valence-electron chi connectivity index (χ0n) is 9.17. The minimum absolute atomic E-state index is 0.271. The number of sulfone groups is 1. The maximum atomic E-state index is 11.3. The summed E-state index contributed by atoms with van der Waals surface area (Å²) in [4.78, 5) is 4.11. The van der Waals surface area contributed by atoms with E-state index in [1.807, 2.05) is 6.20 Å². The Balaban J connectivity index is 2.11. The first-order chi connectivity index (χ1) is 7.62. The number of hydrogen-bond acceptors (Lipinski definition) is 4. The second-order valence-corrected chi connectivity index (χ2v) is 6.52. The highest BCUT2D eigenvalue weighted by molar-refractivity contribution is 7.91. The molecule has 0 aliphatic carbocycles. The molecule has 1 fully saturated rings. The molecule has 0 saturated carbocycles. The molecule has 90 valence electrons. The Labute approximate surface area is 95.6 Å². The van der Waals surface area contributed by atoms with Gasteiger partial charge in [0.15, 0.2) is 0 Å². The van der Waals surface area contributed by atoms with Gasteiger partial charge in [-0.25, -0.2) is 13.4 Å². The van der Waals surface area contributed by atoms with E-state index in [4.69, 9.17) is 5.73 Å². The van der Waals surface area contributed by atoms with Crippen LogP contribution in [0.3, 0.4) is 0 Å². The summed E-state index contributed by atoms with van der Waals surface area (Å²) in [7, 11) is -2.79. The predicted molar refractivity (Wildman–Crippen MR) is 61.9 cm³/mol. The van der Waals surface area contributed by atoms with Crippen LogP contribution in [-0.4, -0.2) is 36.0 Å². The highest BCUT2D eigenvalue weighted by atomic mass is 32.2. The Kier molecular flexibility index (Phi) is 3.30. The lowest BCUT2D eigenvalue weighted by Crippen LogP contribution is -2.26. The van der Waals surface area contributed by atoms with Crippen molar-refractivity contribution in [3.05, 3.63) is 18.2 Å². The molecule has 1 aromatic heterocycles. The number of aromatic nitrogens is 2. The molecule has 1 aliphatic heterocycles. The summed E-state index contributed by atoms with van der Waals surface area (Å²) in [5, 5.41) is 0. The standard InChI is InChI=1S/C10H17N3O2S/c11-4-1-10-7-12-8-13(10)9-2-5-16(14,15)6-3-9/h7-9H,1-6,11H2. The summed E-state index contributed by atoms with van der Waals surface area (Å²) in [6, 6.07) is 0.271. The van der Waals surface area contributed by atoms with Crippen LogP contribution in [0.15, 0.2) is 12.5 Å². The Bertz CT molecular complexity index is 438. The molecular formula is C10H17N3O2S. The lowest BCUT2D eigenvalue weighted by Gasteiger charge is -2.24. The third-order valence-corrected chi connectivity index (χ3v) is 4.78. The van der Waals surface area contributed by atoms with Gasteiger partial charge in [0.1, 0.15) is 9.84 Å². The molecule has 5 nitrogen and oxygen atoms in total. The molecule has 0 atom stereocenters. The van der Waals surface area contributed by atoms with Gasteiger partial charge in [-0.1, -0.05) is 0 Å². The smallest absolute Gasteiger partial charge is 0.150 e. The van der Waals surface area contributed by atoms with E-state index in [1.165, 1.54) is 0 Å². The summed E-state index contributed by atoms with van der Waals surface area (Å²) in [5.74, 6) is 0.579. The van der Waals surface area contributed by atoms with E-state index in [-0.39, 0.29) is 17.5 Å². The van der Waals surface area contributed by atoms with E-state index in [1.54, 1.807) is 6.33 Å². The maximum absolute atomic E-state index is 11.3. The van der Waals surface area contributed by atoms with Gasteiger partial charge >= 0.3 is 0 Å². The van der Waals surface area contributed by atoms with Gasteiger partial charge in [-0.2, -0.15) is 0 Å². The zero-order valence-corrected chi connectivity index (χ0v) is 9.99. The van der Waals surface area contributed by atoms with Crippen molar-refractivity contribution in [2.24, 2.45) is 5.73 Å². The summed E-state index contributed by atoms with van der Waals surface area (Å²) in [5.41, 5.74) is 6.63. The highest BCUT2D eigenvalue weighted by Crippen LogP contribution is 2.25. The molecule has 0 bridgehead atoms. The normalized spacial score (nSPS) is 21.1. The maximum Gasteiger partial charge on any atom is 0.150 e. The van der Waals surface area contributed by atoms with Crippen molar-refractivity contribution in [1.82, 2.24) is 9.55 Å². The van der Waals surface area contributed by atoms with Gasteiger partial charge < -0.3 is 10.3 Å². The van der Waals surface area contributed by atoms with Crippen molar-refractivity contribution in [3.63, 3.8) is 0 Å². The Morgan fingerprint density at radius 3 is 2.75 bits per heavy atom. The molecule has 1 aliphatic rings. The fourth-order valence-electron chi connectivity index (χ4n) is 2.16. The van der Waals surface area contributed by atoms with Crippen LogP contribution in [0.5, 0.6) is 0 Å². The van der Waals surface area contributed by atoms with Crippen molar-refractivity contribution in [2.45, 2.75) is 25.3 Å². The lowest BCUT2D eigenvalue weighted by atomic mass is 10.1. The number of rotatable bonds is 3. The number of imidazole rings is 1. The number of nitrogens with zero attached hydrogens (tertiary/aromatic N) is 2. The highest BCUT2D eigenvalue weighted by Gasteiger charge is 2.25. The molecular weight excluding hydrogens is 226 g/mol. The largest absolute Gasteiger partial charge is 0.331 e. The van der Waals surface area contributed by atoms with Gasteiger partial charge in [-0.15, -0.1) is 0 Å². The summed E-state index contributed by atoms with van der Waals surface area (Å²) in [6.07, 6.45) is 5.78. The van der Waals surface area contributed by atoms with Crippen molar-refractivity contribution in [1.29, 1.82) is 0 Å². The van der Waals surface area contributed by atoms with E-state index < -0.39 is 9.84 Å². The van der Waals surface area contributed by atoms with Gasteiger partial charge in [0.2, 0.25) is 0 Å². The molecule has 1 saturated heterocycles. The van der Waals surface area contributed by atoms with Crippen LogP contribution >= 0.6 is 0 Å². The first-order valence-corrected chi connectivity index (χ1v) is 7.36. The molecule has 0 aromatic carbocycles. The van der Waals surface area contributed by atoms with Crippen molar-refractivity contribution in [3.8, 4) is 0 Å². The summed E-state index contributed by atoms with van der Waals surface area (Å²) >= 11 is 0. The zero-order chi connectivity index (χ0) is 11.6. The quantitative estimate of drug-likeness (QED) is 0.818. The van der Waals surface area contributed by atoms with Gasteiger partial charge in [-0.05, 0) is 19.4 Å². The second-order valence-electron chi connectivity index (χ2n) is 4.21. The predicted octanol–water partition coefficient (Wildman–Crippen LogP) is 0.134. The Morgan fingerprint density at radius 1 is 1.44 bits per heavy atom.